The van der Waals surface area contributed by atoms with Crippen molar-refractivity contribution in [1.82, 2.24) is 5.32 Å². The highest BCUT2D eigenvalue weighted by atomic mass is 35.5. The van der Waals surface area contributed by atoms with Crippen molar-refractivity contribution >= 4 is 34.6 Å². The number of hydrogen-bond acceptors (Lipinski definition) is 1. The van der Waals surface area contributed by atoms with E-state index in [1.165, 1.54) is 36.0 Å². The van der Waals surface area contributed by atoms with Gasteiger partial charge in [0.05, 0.1) is 6.04 Å². The van der Waals surface area contributed by atoms with Gasteiger partial charge in [-0.3, -0.25) is 0 Å². The number of benzene rings is 2. The first kappa shape index (κ1) is 15.3. The highest BCUT2D eigenvalue weighted by Gasteiger charge is 2.14. The zero-order chi connectivity index (χ0) is 15.5. The van der Waals surface area contributed by atoms with Crippen LogP contribution < -0.4 is 10.6 Å². The molecule has 1 aliphatic carbocycles. The molecule has 0 unspecified atom stereocenters. The minimum absolute atomic E-state index is 0.179. The Bertz CT molecular complexity index is 682. The monoisotopic (exact) mass is 330 g/mol. The van der Waals surface area contributed by atoms with Crippen LogP contribution in [0, 0.1) is 0 Å². The second-order valence-electron chi connectivity index (χ2n) is 5.71. The lowest BCUT2D eigenvalue weighted by Gasteiger charge is -2.18. The SMILES string of the molecule is C[C@@H](NC(=S)Nc1ccc(Cl)cc1)c1ccc2c(c1)CCC2. The van der Waals surface area contributed by atoms with E-state index in [9.17, 15) is 0 Å². The molecule has 114 valence electrons. The Labute approximate surface area is 141 Å². The van der Waals surface area contributed by atoms with Gasteiger partial charge in [0, 0.05) is 10.7 Å². The van der Waals surface area contributed by atoms with E-state index in [1.807, 2.05) is 24.3 Å². The van der Waals surface area contributed by atoms with Gasteiger partial charge >= 0.3 is 0 Å². The number of anilines is 1. The lowest BCUT2D eigenvalue weighted by atomic mass is 10.0. The molecule has 2 nitrogen and oxygen atoms in total. The molecule has 22 heavy (non-hydrogen) atoms. The summed E-state index contributed by atoms with van der Waals surface area (Å²) in [6, 6.07) is 14.5. The van der Waals surface area contributed by atoms with E-state index in [4.69, 9.17) is 23.8 Å². The summed E-state index contributed by atoms with van der Waals surface area (Å²) in [5, 5.41) is 7.86. The number of hydrogen-bond donors (Lipinski definition) is 2. The molecule has 0 aromatic heterocycles. The van der Waals surface area contributed by atoms with Crippen molar-refractivity contribution in [2.75, 3.05) is 5.32 Å². The highest BCUT2D eigenvalue weighted by molar-refractivity contribution is 7.80. The second-order valence-corrected chi connectivity index (χ2v) is 6.55. The van der Waals surface area contributed by atoms with Crippen molar-refractivity contribution in [1.29, 1.82) is 0 Å². The molecule has 1 atom stereocenters. The van der Waals surface area contributed by atoms with E-state index >= 15 is 0 Å². The van der Waals surface area contributed by atoms with Crippen LogP contribution in [0.25, 0.3) is 0 Å². The molecule has 2 aromatic rings. The summed E-state index contributed by atoms with van der Waals surface area (Å²) >= 11 is 11.3. The molecule has 0 aliphatic heterocycles. The molecule has 0 saturated heterocycles. The van der Waals surface area contributed by atoms with Crippen molar-refractivity contribution < 1.29 is 0 Å². The zero-order valence-corrected chi connectivity index (χ0v) is 14.1. The van der Waals surface area contributed by atoms with Gasteiger partial charge in [0.2, 0.25) is 0 Å². The molecule has 0 fully saturated rings. The fourth-order valence-electron chi connectivity index (χ4n) is 2.84. The Balaban J connectivity index is 1.62. The maximum absolute atomic E-state index is 5.88. The molecule has 0 heterocycles. The number of halogens is 1. The first-order valence-corrected chi connectivity index (χ1v) is 8.35. The smallest absolute Gasteiger partial charge is 0.171 e. The van der Waals surface area contributed by atoms with Crippen LogP contribution in [-0.2, 0) is 12.8 Å². The Morgan fingerprint density at radius 3 is 2.59 bits per heavy atom. The number of aryl methyl sites for hydroxylation is 2. The lowest BCUT2D eigenvalue weighted by molar-refractivity contribution is 0.721. The third kappa shape index (κ3) is 3.60. The molecule has 0 bridgehead atoms. The number of nitrogens with one attached hydrogen (secondary N) is 2. The third-order valence-corrected chi connectivity index (χ3v) is 4.54. The summed E-state index contributed by atoms with van der Waals surface area (Å²) in [4.78, 5) is 0. The van der Waals surface area contributed by atoms with Crippen LogP contribution in [0.4, 0.5) is 5.69 Å². The van der Waals surface area contributed by atoms with Crippen LogP contribution in [0.5, 0.6) is 0 Å². The van der Waals surface area contributed by atoms with Gasteiger partial charge in [-0.2, -0.15) is 0 Å². The fraction of sp³-hybridized carbons (Fsp3) is 0.278. The molecular formula is C18H19ClN2S. The molecule has 4 heteroatoms. The van der Waals surface area contributed by atoms with Crippen molar-refractivity contribution in [3.05, 3.63) is 64.2 Å². The average molecular weight is 331 g/mol. The number of rotatable bonds is 3. The Morgan fingerprint density at radius 2 is 1.82 bits per heavy atom. The van der Waals surface area contributed by atoms with Gasteiger partial charge < -0.3 is 10.6 Å². The van der Waals surface area contributed by atoms with Gasteiger partial charge in [0.1, 0.15) is 0 Å². The summed E-state index contributed by atoms with van der Waals surface area (Å²) in [5.41, 5.74) is 5.20. The molecule has 0 spiro atoms. The molecule has 0 saturated carbocycles. The van der Waals surface area contributed by atoms with Crippen molar-refractivity contribution in [3.8, 4) is 0 Å². The first-order chi connectivity index (χ1) is 10.6. The number of fused-ring (bicyclic) bond motifs is 1. The molecule has 0 radical (unpaired) electrons. The summed E-state index contributed by atoms with van der Waals surface area (Å²) in [6.45, 7) is 2.13. The van der Waals surface area contributed by atoms with E-state index in [0.29, 0.717) is 5.11 Å². The van der Waals surface area contributed by atoms with E-state index in [1.54, 1.807) is 0 Å². The van der Waals surface area contributed by atoms with Crippen LogP contribution >= 0.6 is 23.8 Å². The highest BCUT2D eigenvalue weighted by Crippen LogP contribution is 2.25. The van der Waals surface area contributed by atoms with Crippen LogP contribution in [0.15, 0.2) is 42.5 Å². The summed E-state index contributed by atoms with van der Waals surface area (Å²) in [7, 11) is 0. The van der Waals surface area contributed by atoms with Gasteiger partial charge in [0.15, 0.2) is 5.11 Å². The quantitative estimate of drug-likeness (QED) is 0.785. The topological polar surface area (TPSA) is 24.1 Å². The molecular weight excluding hydrogens is 312 g/mol. The molecule has 1 aliphatic rings. The Morgan fingerprint density at radius 1 is 1.09 bits per heavy atom. The van der Waals surface area contributed by atoms with E-state index in [0.717, 1.165) is 10.7 Å². The van der Waals surface area contributed by atoms with Crippen LogP contribution in [-0.4, -0.2) is 5.11 Å². The van der Waals surface area contributed by atoms with Gasteiger partial charge in [-0.15, -0.1) is 0 Å². The maximum atomic E-state index is 5.88. The second kappa shape index (κ2) is 6.67. The normalized spacial score (nSPS) is 14.3. The summed E-state index contributed by atoms with van der Waals surface area (Å²) in [6.07, 6.45) is 3.69. The molecule has 3 rings (SSSR count). The standard InChI is InChI=1S/C18H19ClN2S/c1-12(14-6-5-13-3-2-4-15(13)11-14)20-18(22)21-17-9-7-16(19)8-10-17/h5-12H,2-4H2,1H3,(H2,20,21,22)/t12-/m1/s1. The van der Waals surface area contributed by atoms with Crippen molar-refractivity contribution in [2.24, 2.45) is 0 Å². The lowest BCUT2D eigenvalue weighted by Crippen LogP contribution is -2.30. The van der Waals surface area contributed by atoms with E-state index in [2.05, 4.69) is 35.8 Å². The molecule has 2 N–H and O–H groups in total. The molecule has 2 aromatic carbocycles. The van der Waals surface area contributed by atoms with Crippen molar-refractivity contribution in [2.45, 2.75) is 32.2 Å². The Kier molecular flexibility index (Phi) is 4.65. The zero-order valence-electron chi connectivity index (χ0n) is 12.5. The van der Waals surface area contributed by atoms with Gasteiger partial charge in [0.25, 0.3) is 0 Å². The van der Waals surface area contributed by atoms with Gasteiger partial charge in [-0.05, 0) is 79.4 Å². The first-order valence-electron chi connectivity index (χ1n) is 7.56. The minimum Gasteiger partial charge on any atom is -0.356 e. The van der Waals surface area contributed by atoms with Crippen molar-refractivity contribution in [3.63, 3.8) is 0 Å². The summed E-state index contributed by atoms with van der Waals surface area (Å²) < 4.78 is 0. The van der Waals surface area contributed by atoms with Crippen LogP contribution in [0.3, 0.4) is 0 Å². The molecule has 0 amide bonds. The predicted molar refractivity (Wildman–Crippen MR) is 97.7 cm³/mol. The fourth-order valence-corrected chi connectivity index (χ4v) is 3.26. The van der Waals surface area contributed by atoms with Gasteiger partial charge in [-0.1, -0.05) is 29.8 Å². The van der Waals surface area contributed by atoms with Crippen LogP contribution in [0.1, 0.15) is 36.1 Å². The third-order valence-electron chi connectivity index (χ3n) is 4.07. The van der Waals surface area contributed by atoms with E-state index in [-0.39, 0.29) is 6.04 Å². The van der Waals surface area contributed by atoms with E-state index < -0.39 is 0 Å². The predicted octanol–water partition coefficient (Wildman–Crippen LogP) is 4.88. The average Bonchev–Trinajstić information content (AvgIpc) is 2.97. The maximum Gasteiger partial charge on any atom is 0.171 e. The summed E-state index contributed by atoms with van der Waals surface area (Å²) in [5.74, 6) is 0. The van der Waals surface area contributed by atoms with Gasteiger partial charge in [-0.25, -0.2) is 0 Å². The minimum atomic E-state index is 0.179. The number of thiocarbonyl (C=S) groups is 1. The van der Waals surface area contributed by atoms with Crippen LogP contribution in [0.2, 0.25) is 5.02 Å². The largest absolute Gasteiger partial charge is 0.356 e. The Hall–Kier alpha value is -1.58.